The van der Waals surface area contributed by atoms with Gasteiger partial charge in [0.25, 0.3) is 17.7 Å². The van der Waals surface area contributed by atoms with Gasteiger partial charge in [-0.05, 0) is 87.9 Å². The molecule has 0 bridgehead atoms. The predicted molar refractivity (Wildman–Crippen MR) is 210 cm³/mol. The Balaban J connectivity index is 1.26. The number of amides is 4. The number of aryl methyl sites for hydroxylation is 3. The smallest absolute Gasteiger partial charge is 0.272 e. The van der Waals surface area contributed by atoms with E-state index in [2.05, 4.69) is 43.2 Å². The first kappa shape index (κ1) is 40.0. The summed E-state index contributed by atoms with van der Waals surface area (Å²) in [6.07, 6.45) is 5.92. The normalized spacial score (nSPS) is 11.0. The Kier molecular flexibility index (Phi) is 15.2. The van der Waals surface area contributed by atoms with Crippen LogP contribution in [0.5, 0.6) is 0 Å². The van der Waals surface area contributed by atoms with Gasteiger partial charge in [0.15, 0.2) is 0 Å². The second-order valence-electron chi connectivity index (χ2n) is 12.8. The van der Waals surface area contributed by atoms with Gasteiger partial charge in [-0.15, -0.1) is 23.2 Å². The molecule has 0 atom stereocenters. The molecule has 2 aromatic carbocycles. The third kappa shape index (κ3) is 11.9. The highest BCUT2D eigenvalue weighted by molar-refractivity contribution is 6.18. The van der Waals surface area contributed by atoms with Gasteiger partial charge in [0.1, 0.15) is 11.4 Å². The summed E-state index contributed by atoms with van der Waals surface area (Å²) in [6, 6.07) is 18.0. The molecule has 52 heavy (non-hydrogen) atoms. The lowest BCUT2D eigenvalue weighted by Crippen LogP contribution is -2.28. The lowest BCUT2D eigenvalue weighted by atomic mass is 10.1. The van der Waals surface area contributed by atoms with Crippen molar-refractivity contribution in [2.75, 3.05) is 72.9 Å². The van der Waals surface area contributed by atoms with Gasteiger partial charge in [-0.3, -0.25) is 19.2 Å². The zero-order valence-corrected chi connectivity index (χ0v) is 31.7. The van der Waals surface area contributed by atoms with Crippen molar-refractivity contribution in [1.29, 1.82) is 0 Å². The molecule has 0 spiro atoms. The van der Waals surface area contributed by atoms with Gasteiger partial charge in [-0.25, -0.2) is 0 Å². The minimum Gasteiger partial charge on any atom is -0.369 e. The van der Waals surface area contributed by atoms with Crippen molar-refractivity contribution in [2.24, 2.45) is 14.1 Å². The molecule has 2 aromatic heterocycles. The van der Waals surface area contributed by atoms with Crippen LogP contribution in [-0.4, -0.2) is 89.7 Å². The molecule has 2 heterocycles. The number of hydrogen-bond donors (Lipinski definition) is 4. The molecule has 4 amide bonds. The van der Waals surface area contributed by atoms with Gasteiger partial charge in [-0.1, -0.05) is 18.2 Å². The highest BCUT2D eigenvalue weighted by Crippen LogP contribution is 2.20. The fourth-order valence-corrected chi connectivity index (χ4v) is 6.07. The maximum absolute atomic E-state index is 13.2. The van der Waals surface area contributed by atoms with Crippen molar-refractivity contribution in [1.82, 2.24) is 19.4 Å². The van der Waals surface area contributed by atoms with Crippen LogP contribution < -0.4 is 26.2 Å². The molecule has 278 valence electrons. The molecule has 0 saturated carbocycles. The third-order valence-corrected chi connectivity index (χ3v) is 8.68. The number of carbonyl (C=O) groups is 4. The Morgan fingerprint density at radius 3 is 1.94 bits per heavy atom. The Morgan fingerprint density at radius 1 is 0.692 bits per heavy atom. The predicted octanol–water partition coefficient (Wildman–Crippen LogP) is 5.80. The number of carbonyl (C=O) groups excluding carboxylic acids is 4. The second-order valence-corrected chi connectivity index (χ2v) is 13.5. The molecule has 4 aromatic rings. The van der Waals surface area contributed by atoms with Gasteiger partial charge in [0, 0.05) is 81.2 Å². The highest BCUT2D eigenvalue weighted by atomic mass is 35.5. The third-order valence-electron chi connectivity index (χ3n) is 8.35. The largest absolute Gasteiger partial charge is 0.369 e. The Labute approximate surface area is 315 Å². The number of aromatic nitrogens is 2. The van der Waals surface area contributed by atoms with E-state index in [1.807, 2.05) is 26.2 Å². The number of halogens is 2. The minimum atomic E-state index is -0.399. The quantitative estimate of drug-likeness (QED) is 0.0709. The van der Waals surface area contributed by atoms with E-state index >= 15 is 0 Å². The van der Waals surface area contributed by atoms with Crippen molar-refractivity contribution < 1.29 is 19.2 Å². The number of anilines is 4. The van der Waals surface area contributed by atoms with Crippen LogP contribution >= 0.6 is 23.2 Å². The number of nitrogens with zero attached hydrogens (tertiary/aromatic N) is 4. The van der Waals surface area contributed by atoms with Crippen molar-refractivity contribution in [3.63, 3.8) is 0 Å². The monoisotopic (exact) mass is 750 g/mol. The molecule has 0 radical (unpaired) electrons. The van der Waals surface area contributed by atoms with Crippen LogP contribution in [0.2, 0.25) is 0 Å². The summed E-state index contributed by atoms with van der Waals surface area (Å²) in [7, 11) is 7.42. The van der Waals surface area contributed by atoms with Crippen LogP contribution in [0.1, 0.15) is 56.2 Å². The number of benzene rings is 2. The van der Waals surface area contributed by atoms with Gasteiger partial charge in [0.05, 0.1) is 11.4 Å². The molecule has 0 aliphatic heterocycles. The zero-order chi connectivity index (χ0) is 37.6. The first-order chi connectivity index (χ1) is 25.0. The van der Waals surface area contributed by atoms with E-state index in [1.54, 1.807) is 72.0 Å². The first-order valence-corrected chi connectivity index (χ1v) is 18.3. The second kappa shape index (κ2) is 19.7. The van der Waals surface area contributed by atoms with E-state index < -0.39 is 11.8 Å². The molecule has 0 unspecified atom stereocenters. The van der Waals surface area contributed by atoms with Crippen LogP contribution in [0.3, 0.4) is 0 Å². The Morgan fingerprint density at radius 2 is 1.31 bits per heavy atom. The van der Waals surface area contributed by atoms with Crippen LogP contribution in [0.15, 0.2) is 73.1 Å². The zero-order valence-electron chi connectivity index (χ0n) is 30.2. The van der Waals surface area contributed by atoms with Crippen LogP contribution in [-0.2, 0) is 25.3 Å². The summed E-state index contributed by atoms with van der Waals surface area (Å²) in [5, 5.41) is 11.4. The van der Waals surface area contributed by atoms with Crippen LogP contribution in [0.4, 0.5) is 22.7 Å². The molecule has 4 rings (SSSR count). The topological polar surface area (TPSA) is 133 Å². The molecular formula is C38H48Cl2N8O4. The van der Waals surface area contributed by atoms with Crippen LogP contribution in [0.25, 0.3) is 0 Å². The van der Waals surface area contributed by atoms with Crippen molar-refractivity contribution >= 4 is 69.6 Å². The molecule has 4 N–H and O–H groups in total. The average Bonchev–Trinajstić information content (AvgIpc) is 3.67. The summed E-state index contributed by atoms with van der Waals surface area (Å²) in [4.78, 5) is 55.8. The fraction of sp³-hybridized carbons (Fsp3) is 0.368. The van der Waals surface area contributed by atoms with Gasteiger partial charge >= 0.3 is 0 Å². The highest BCUT2D eigenvalue weighted by Gasteiger charge is 2.17. The molecule has 0 aliphatic carbocycles. The van der Waals surface area contributed by atoms with Gasteiger partial charge in [-0.2, -0.15) is 0 Å². The number of hydrogen-bond acceptors (Lipinski definition) is 6. The Hall–Kier alpha value is -4.78. The van der Waals surface area contributed by atoms with E-state index in [0.29, 0.717) is 65.2 Å². The molecule has 0 saturated heterocycles. The van der Waals surface area contributed by atoms with E-state index in [0.717, 1.165) is 43.7 Å². The van der Waals surface area contributed by atoms with Crippen LogP contribution in [0, 0.1) is 0 Å². The fourth-order valence-electron chi connectivity index (χ4n) is 5.67. The average molecular weight is 752 g/mol. The maximum atomic E-state index is 13.2. The lowest BCUT2D eigenvalue weighted by Gasteiger charge is -2.23. The summed E-state index contributed by atoms with van der Waals surface area (Å²) in [5.74, 6) is -0.111. The summed E-state index contributed by atoms with van der Waals surface area (Å²) in [6.45, 7) is 2.86. The Bertz CT molecular complexity index is 1810. The lowest BCUT2D eigenvalue weighted by molar-refractivity contribution is -0.116. The van der Waals surface area contributed by atoms with Gasteiger partial charge < -0.3 is 40.2 Å². The first-order valence-electron chi connectivity index (χ1n) is 17.2. The number of alkyl halides is 2. The number of nitrogens with one attached hydrogen (secondary N) is 4. The summed E-state index contributed by atoms with van der Waals surface area (Å²) < 4.78 is 3.29. The molecule has 14 heteroatoms. The summed E-state index contributed by atoms with van der Waals surface area (Å²) in [5.41, 5.74) is 4.69. The minimum absolute atomic E-state index is 0.144. The molecular weight excluding hydrogens is 703 g/mol. The van der Waals surface area contributed by atoms with Crippen molar-refractivity contribution in [2.45, 2.75) is 25.7 Å². The van der Waals surface area contributed by atoms with Crippen molar-refractivity contribution in [3.8, 4) is 0 Å². The van der Waals surface area contributed by atoms with E-state index in [4.69, 9.17) is 23.2 Å². The molecule has 0 fully saturated rings. The summed E-state index contributed by atoms with van der Waals surface area (Å²) >= 11 is 11.8. The van der Waals surface area contributed by atoms with Crippen molar-refractivity contribution in [3.05, 3.63) is 95.6 Å². The van der Waals surface area contributed by atoms with Gasteiger partial charge in [0.2, 0.25) is 5.91 Å². The SMILES string of the molecule is CN(C)CCCNC(=O)c1cc(NC(=O)c2cccc(NC(=O)c3cc(NC(=O)CCCc4ccc(N(CCCl)CCCl)cc4)cn3C)c2)cn1C. The van der Waals surface area contributed by atoms with E-state index in [9.17, 15) is 19.2 Å². The number of rotatable bonds is 19. The molecule has 0 aliphatic rings. The maximum Gasteiger partial charge on any atom is 0.272 e. The molecule has 12 nitrogen and oxygen atoms in total. The van der Waals surface area contributed by atoms with E-state index in [1.165, 1.54) is 0 Å². The van der Waals surface area contributed by atoms with E-state index in [-0.39, 0.29) is 11.8 Å². The standard InChI is InChI=1S/C38H48Cl2N8O4/c1-45(2)19-7-18-41-37(51)33-24-31(26-46(33)3)44-36(50)28-9-6-10-29(22-28)43-38(52)34-23-30(25-47(34)4)42-35(49)11-5-8-27-12-14-32(15-13-27)48(20-16-39)21-17-40/h6,9-10,12-15,22-26H,5,7-8,11,16-21H2,1-4H3,(H,41,51)(H,42,49)(H,43,52)(H,44,50).